The van der Waals surface area contributed by atoms with E-state index in [1.54, 1.807) is 0 Å². The molecule has 0 spiro atoms. The third-order valence-electron chi connectivity index (χ3n) is 1.96. The summed E-state index contributed by atoms with van der Waals surface area (Å²) in [4.78, 5) is 10.3. The summed E-state index contributed by atoms with van der Waals surface area (Å²) >= 11 is 2.62. The molecule has 1 aliphatic rings. The first kappa shape index (κ1) is 10.7. The van der Waals surface area contributed by atoms with Crippen molar-refractivity contribution in [2.75, 3.05) is 17.6 Å². The molecule has 0 atom stereocenters. The Hall–Kier alpha value is -0.820. The van der Waals surface area contributed by atoms with Crippen LogP contribution in [0.25, 0.3) is 0 Å². The van der Waals surface area contributed by atoms with E-state index in [0.29, 0.717) is 4.34 Å². The van der Waals surface area contributed by atoms with Crippen molar-refractivity contribution in [2.45, 2.75) is 17.2 Å². The van der Waals surface area contributed by atoms with E-state index in [1.165, 1.54) is 35.9 Å². The molecule has 1 fully saturated rings. The van der Waals surface area contributed by atoms with Crippen LogP contribution in [0, 0.1) is 5.92 Å². The van der Waals surface area contributed by atoms with Crippen LogP contribution >= 0.6 is 23.1 Å². The van der Waals surface area contributed by atoms with Gasteiger partial charge in [-0.05, 0) is 18.8 Å². The molecule has 7 heteroatoms. The van der Waals surface area contributed by atoms with Crippen LogP contribution in [0.15, 0.2) is 4.34 Å². The summed E-state index contributed by atoms with van der Waals surface area (Å²) in [5.41, 5.74) is 0. The number of thioether (sulfide) groups is 1. The highest BCUT2D eigenvalue weighted by Crippen LogP contribution is 2.30. The first-order valence-electron chi connectivity index (χ1n) is 4.66. The van der Waals surface area contributed by atoms with Gasteiger partial charge in [0.15, 0.2) is 4.34 Å². The van der Waals surface area contributed by atoms with Gasteiger partial charge in [-0.1, -0.05) is 23.1 Å². The summed E-state index contributed by atoms with van der Waals surface area (Å²) in [6.07, 6.45) is 2.60. The zero-order valence-electron chi connectivity index (χ0n) is 7.97. The Labute approximate surface area is 95.3 Å². The quantitative estimate of drug-likeness (QED) is 0.740. The van der Waals surface area contributed by atoms with Crippen LogP contribution in [0.3, 0.4) is 0 Å². The maximum atomic E-state index is 10.3. The predicted octanol–water partition coefficient (Wildman–Crippen LogP) is 1.54. The third kappa shape index (κ3) is 3.67. The molecule has 0 amide bonds. The Kier molecular flexibility index (Phi) is 3.42. The lowest BCUT2D eigenvalue weighted by atomic mass is 10.4. The van der Waals surface area contributed by atoms with E-state index >= 15 is 0 Å². The number of anilines is 1. The lowest BCUT2D eigenvalue weighted by molar-refractivity contribution is -0.133. The number of rotatable bonds is 6. The fraction of sp³-hybridized carbons (Fsp3) is 0.625. The van der Waals surface area contributed by atoms with Gasteiger partial charge in [0.05, 0.1) is 5.75 Å². The number of hydrogen-bond acceptors (Lipinski definition) is 6. The molecule has 0 unspecified atom stereocenters. The number of carboxylic acids is 1. The molecule has 0 aliphatic heterocycles. The van der Waals surface area contributed by atoms with E-state index in [0.717, 1.165) is 17.6 Å². The first-order valence-corrected chi connectivity index (χ1v) is 6.46. The van der Waals surface area contributed by atoms with Crippen molar-refractivity contribution >= 4 is 34.2 Å². The number of nitrogens with one attached hydrogen (secondary N) is 1. The second kappa shape index (κ2) is 4.80. The maximum absolute atomic E-state index is 10.3. The molecule has 0 saturated heterocycles. The molecule has 0 bridgehead atoms. The van der Waals surface area contributed by atoms with Gasteiger partial charge < -0.3 is 10.4 Å². The summed E-state index contributed by atoms with van der Waals surface area (Å²) in [5.74, 6) is 0.00350. The zero-order valence-corrected chi connectivity index (χ0v) is 9.61. The molecule has 1 aromatic heterocycles. The van der Waals surface area contributed by atoms with Crippen molar-refractivity contribution in [2.24, 2.45) is 5.92 Å². The molecule has 1 saturated carbocycles. The van der Waals surface area contributed by atoms with Crippen molar-refractivity contribution < 1.29 is 9.90 Å². The minimum Gasteiger partial charge on any atom is -0.481 e. The van der Waals surface area contributed by atoms with E-state index in [1.807, 2.05) is 0 Å². The predicted molar refractivity (Wildman–Crippen MR) is 59.5 cm³/mol. The average Bonchev–Trinajstić information content (AvgIpc) is 2.92. The minimum atomic E-state index is -0.831. The second-order valence-electron chi connectivity index (χ2n) is 3.38. The Morgan fingerprint density at radius 2 is 2.40 bits per heavy atom. The van der Waals surface area contributed by atoms with Gasteiger partial charge in [0, 0.05) is 6.54 Å². The Balaban J connectivity index is 1.77. The van der Waals surface area contributed by atoms with E-state index in [2.05, 4.69) is 15.5 Å². The Morgan fingerprint density at radius 3 is 3.07 bits per heavy atom. The lowest BCUT2D eigenvalue weighted by Gasteiger charge is -1.96. The Morgan fingerprint density at radius 1 is 1.60 bits per heavy atom. The molecule has 0 radical (unpaired) electrons. The summed E-state index contributed by atoms with van der Waals surface area (Å²) in [6.45, 7) is 0.957. The van der Waals surface area contributed by atoms with Crippen molar-refractivity contribution in [1.82, 2.24) is 10.2 Å². The molecular weight excluding hydrogens is 234 g/mol. The fourth-order valence-electron chi connectivity index (χ4n) is 1.02. The molecule has 2 N–H and O–H groups in total. The first-order chi connectivity index (χ1) is 7.24. The van der Waals surface area contributed by atoms with Gasteiger partial charge >= 0.3 is 5.97 Å². The molecule has 2 rings (SSSR count). The fourth-order valence-corrected chi connectivity index (χ4v) is 2.50. The van der Waals surface area contributed by atoms with E-state index in [-0.39, 0.29) is 5.75 Å². The van der Waals surface area contributed by atoms with Crippen LogP contribution in [0.1, 0.15) is 12.8 Å². The van der Waals surface area contributed by atoms with Crippen LogP contribution in [0.5, 0.6) is 0 Å². The van der Waals surface area contributed by atoms with Gasteiger partial charge in [-0.3, -0.25) is 4.79 Å². The van der Waals surface area contributed by atoms with E-state index in [4.69, 9.17) is 5.11 Å². The number of carboxylic acid groups (broad SMARTS) is 1. The normalized spacial score (nSPS) is 15.2. The number of carbonyl (C=O) groups is 1. The van der Waals surface area contributed by atoms with Gasteiger partial charge in [0.25, 0.3) is 0 Å². The van der Waals surface area contributed by atoms with Crippen LogP contribution in [-0.4, -0.2) is 33.6 Å². The summed E-state index contributed by atoms with van der Waals surface area (Å²) in [7, 11) is 0. The van der Waals surface area contributed by atoms with Crippen LogP contribution in [-0.2, 0) is 4.79 Å². The number of aromatic nitrogens is 2. The molecule has 1 heterocycles. The average molecular weight is 245 g/mol. The monoisotopic (exact) mass is 245 g/mol. The van der Waals surface area contributed by atoms with E-state index < -0.39 is 5.97 Å². The number of nitrogens with zero attached hydrogens (tertiary/aromatic N) is 2. The zero-order chi connectivity index (χ0) is 10.7. The lowest BCUT2D eigenvalue weighted by Crippen LogP contribution is -2.02. The largest absolute Gasteiger partial charge is 0.481 e. The number of aliphatic carboxylic acids is 1. The molecule has 1 aromatic rings. The van der Waals surface area contributed by atoms with Gasteiger partial charge in [0.2, 0.25) is 5.13 Å². The summed E-state index contributed by atoms with van der Waals surface area (Å²) in [5, 5.41) is 20.3. The Bertz CT molecular complexity index is 351. The van der Waals surface area contributed by atoms with Crippen molar-refractivity contribution in [3.05, 3.63) is 0 Å². The third-order valence-corrected chi connectivity index (χ3v) is 3.96. The minimum absolute atomic E-state index is 0.0389. The van der Waals surface area contributed by atoms with Crippen LogP contribution in [0.4, 0.5) is 5.13 Å². The molecule has 82 valence electrons. The standard InChI is InChI=1S/C8H11N3O2S2/c12-6(13)4-14-8-11-10-7(15-8)9-3-5-1-2-5/h5H,1-4H2,(H,9,10)(H,12,13). The van der Waals surface area contributed by atoms with Gasteiger partial charge in [-0.2, -0.15) is 0 Å². The summed E-state index contributed by atoms with van der Waals surface area (Å²) in [6, 6.07) is 0. The van der Waals surface area contributed by atoms with Crippen LogP contribution in [0.2, 0.25) is 0 Å². The topological polar surface area (TPSA) is 75.1 Å². The SMILES string of the molecule is O=C(O)CSc1nnc(NCC2CC2)s1. The maximum Gasteiger partial charge on any atom is 0.313 e. The molecule has 5 nitrogen and oxygen atoms in total. The molecular formula is C8H11N3O2S2. The second-order valence-corrected chi connectivity index (χ2v) is 5.58. The highest BCUT2D eigenvalue weighted by molar-refractivity contribution is 8.01. The highest BCUT2D eigenvalue weighted by atomic mass is 32.2. The van der Waals surface area contributed by atoms with Crippen molar-refractivity contribution in [3.8, 4) is 0 Å². The highest BCUT2D eigenvalue weighted by Gasteiger charge is 2.21. The van der Waals surface area contributed by atoms with Crippen molar-refractivity contribution in [1.29, 1.82) is 0 Å². The smallest absolute Gasteiger partial charge is 0.313 e. The van der Waals surface area contributed by atoms with Gasteiger partial charge in [-0.15, -0.1) is 10.2 Å². The molecule has 15 heavy (non-hydrogen) atoms. The van der Waals surface area contributed by atoms with Gasteiger partial charge in [0.1, 0.15) is 0 Å². The molecule has 1 aliphatic carbocycles. The van der Waals surface area contributed by atoms with Crippen molar-refractivity contribution in [3.63, 3.8) is 0 Å². The number of hydrogen-bond donors (Lipinski definition) is 2. The van der Waals surface area contributed by atoms with Gasteiger partial charge in [-0.25, -0.2) is 0 Å². The van der Waals surface area contributed by atoms with Crippen LogP contribution < -0.4 is 5.32 Å². The van der Waals surface area contributed by atoms with E-state index in [9.17, 15) is 4.79 Å². The summed E-state index contributed by atoms with van der Waals surface area (Å²) < 4.78 is 0.704. The molecule has 0 aromatic carbocycles.